The van der Waals surface area contributed by atoms with E-state index >= 15 is 0 Å². The quantitative estimate of drug-likeness (QED) is 0.474. The molecule has 0 amide bonds. The number of nitrogens with one attached hydrogen (secondary N) is 1. The second-order valence-electron chi connectivity index (χ2n) is 4.30. The Labute approximate surface area is 96.4 Å². The van der Waals surface area contributed by atoms with Crippen LogP contribution in [0.25, 0.3) is 0 Å². The Bertz CT molecular complexity index is 278. The predicted molar refractivity (Wildman–Crippen MR) is 58.9 cm³/mol. The summed E-state index contributed by atoms with van der Waals surface area (Å²) in [4.78, 5) is 0. The van der Waals surface area contributed by atoms with Gasteiger partial charge in [0.1, 0.15) is 0 Å². The van der Waals surface area contributed by atoms with Gasteiger partial charge in [-0.15, -0.1) is 0 Å². The summed E-state index contributed by atoms with van der Waals surface area (Å²) in [5.41, 5.74) is 0. The Kier molecular flexibility index (Phi) is 7.09. The summed E-state index contributed by atoms with van der Waals surface area (Å²) in [6.45, 7) is 3.88. The summed E-state index contributed by atoms with van der Waals surface area (Å²) in [5.74, 6) is -0.426. The maximum absolute atomic E-state index is 10.3. The van der Waals surface area contributed by atoms with Crippen molar-refractivity contribution in [2.75, 3.05) is 18.9 Å². The molecule has 0 saturated carbocycles. The molecule has 0 rings (SSSR count). The third-order valence-electron chi connectivity index (χ3n) is 2.01. The van der Waals surface area contributed by atoms with E-state index < -0.39 is 22.0 Å². The SMILES string of the molecule is CC(C)CC(CO)NCC(O)CS(=O)(=O)[O-]. The lowest BCUT2D eigenvalue weighted by atomic mass is 10.0. The van der Waals surface area contributed by atoms with Crippen LogP contribution < -0.4 is 5.32 Å². The van der Waals surface area contributed by atoms with E-state index in [1.54, 1.807) is 0 Å². The number of aliphatic hydroxyl groups excluding tert-OH is 2. The average molecular weight is 254 g/mol. The van der Waals surface area contributed by atoms with Gasteiger partial charge in [-0.3, -0.25) is 0 Å². The van der Waals surface area contributed by atoms with Gasteiger partial charge in [0.2, 0.25) is 0 Å². The number of rotatable bonds is 8. The van der Waals surface area contributed by atoms with Crippen LogP contribution >= 0.6 is 0 Å². The maximum Gasteiger partial charge on any atom is 0.0972 e. The van der Waals surface area contributed by atoms with Crippen LogP contribution in [0.5, 0.6) is 0 Å². The number of hydrogen-bond donors (Lipinski definition) is 3. The number of aliphatic hydroxyl groups is 2. The van der Waals surface area contributed by atoms with Crippen molar-refractivity contribution in [2.24, 2.45) is 5.92 Å². The van der Waals surface area contributed by atoms with Gasteiger partial charge in [0.05, 0.1) is 28.6 Å². The highest BCUT2D eigenvalue weighted by atomic mass is 32.2. The van der Waals surface area contributed by atoms with E-state index in [9.17, 15) is 18.1 Å². The van der Waals surface area contributed by atoms with Crippen molar-refractivity contribution in [3.05, 3.63) is 0 Å². The van der Waals surface area contributed by atoms with E-state index in [1.165, 1.54) is 0 Å². The summed E-state index contributed by atoms with van der Waals surface area (Å²) < 4.78 is 31.0. The Morgan fingerprint density at radius 3 is 2.31 bits per heavy atom. The molecule has 0 aromatic carbocycles. The zero-order chi connectivity index (χ0) is 12.8. The largest absolute Gasteiger partial charge is 0.748 e. The van der Waals surface area contributed by atoms with Crippen molar-refractivity contribution >= 4 is 10.1 Å². The van der Waals surface area contributed by atoms with Crippen LogP contribution in [0.1, 0.15) is 20.3 Å². The van der Waals surface area contributed by atoms with Gasteiger partial charge >= 0.3 is 0 Å². The fourth-order valence-electron chi connectivity index (χ4n) is 1.39. The zero-order valence-electron chi connectivity index (χ0n) is 9.59. The van der Waals surface area contributed by atoms with Crippen LogP contribution in [0, 0.1) is 5.92 Å². The molecule has 0 bridgehead atoms. The third kappa shape index (κ3) is 9.05. The highest BCUT2D eigenvalue weighted by Crippen LogP contribution is 2.04. The maximum atomic E-state index is 10.3. The van der Waals surface area contributed by atoms with Gasteiger partial charge in [-0.2, -0.15) is 0 Å². The van der Waals surface area contributed by atoms with Crippen LogP contribution in [0.2, 0.25) is 0 Å². The van der Waals surface area contributed by atoms with Crippen LogP contribution in [-0.2, 0) is 10.1 Å². The minimum Gasteiger partial charge on any atom is -0.748 e. The molecule has 6 nitrogen and oxygen atoms in total. The Balaban J connectivity index is 3.92. The van der Waals surface area contributed by atoms with Gasteiger partial charge in [-0.05, 0) is 12.3 Å². The lowest BCUT2D eigenvalue weighted by Crippen LogP contribution is -2.40. The van der Waals surface area contributed by atoms with E-state index in [-0.39, 0.29) is 19.2 Å². The topological polar surface area (TPSA) is 110 Å². The minimum atomic E-state index is -4.40. The van der Waals surface area contributed by atoms with Crippen LogP contribution in [0.3, 0.4) is 0 Å². The molecule has 3 N–H and O–H groups in total. The van der Waals surface area contributed by atoms with Crippen molar-refractivity contribution in [3.63, 3.8) is 0 Å². The third-order valence-corrected chi connectivity index (χ3v) is 2.81. The van der Waals surface area contributed by atoms with Gasteiger partial charge in [0.25, 0.3) is 0 Å². The molecular weight excluding hydrogens is 234 g/mol. The van der Waals surface area contributed by atoms with Crippen molar-refractivity contribution in [1.29, 1.82) is 0 Å². The summed E-state index contributed by atoms with van der Waals surface area (Å²) in [6.07, 6.45) is -0.517. The standard InChI is InChI=1S/C9H21NO5S/c1-7(2)3-8(5-11)10-4-9(12)6-16(13,14)15/h7-12H,3-6H2,1-2H3,(H,13,14,15)/p-1. The monoisotopic (exact) mass is 254 g/mol. The molecule has 16 heavy (non-hydrogen) atoms. The highest BCUT2D eigenvalue weighted by molar-refractivity contribution is 7.85. The molecule has 2 unspecified atom stereocenters. The second kappa shape index (κ2) is 7.18. The van der Waals surface area contributed by atoms with Crippen molar-refractivity contribution in [3.8, 4) is 0 Å². The first-order valence-corrected chi connectivity index (χ1v) is 6.78. The normalized spacial score (nSPS) is 16.4. The molecule has 0 aromatic heterocycles. The van der Waals surface area contributed by atoms with Crippen LogP contribution in [-0.4, -0.2) is 54.2 Å². The highest BCUT2D eigenvalue weighted by Gasteiger charge is 2.13. The molecule has 0 heterocycles. The molecule has 0 aliphatic rings. The van der Waals surface area contributed by atoms with Gasteiger partial charge in [-0.25, -0.2) is 8.42 Å². The Morgan fingerprint density at radius 1 is 1.38 bits per heavy atom. The van der Waals surface area contributed by atoms with Crippen molar-refractivity contribution < 1.29 is 23.2 Å². The van der Waals surface area contributed by atoms with Crippen LogP contribution in [0.15, 0.2) is 0 Å². The van der Waals surface area contributed by atoms with Gasteiger partial charge in [0, 0.05) is 12.6 Å². The Hall–Kier alpha value is -0.210. The molecule has 0 saturated heterocycles. The fourth-order valence-corrected chi connectivity index (χ4v) is 1.98. The molecular formula is C9H20NO5S-. The molecule has 0 radical (unpaired) electrons. The first-order chi connectivity index (χ1) is 7.24. The molecule has 7 heteroatoms. The van der Waals surface area contributed by atoms with Gasteiger partial charge in [0.15, 0.2) is 0 Å². The lowest BCUT2D eigenvalue weighted by molar-refractivity contribution is 0.166. The van der Waals surface area contributed by atoms with E-state index in [1.807, 2.05) is 13.8 Å². The molecule has 0 spiro atoms. The summed E-state index contributed by atoms with van der Waals surface area (Å²) in [5, 5.41) is 21.1. The first kappa shape index (κ1) is 15.8. The van der Waals surface area contributed by atoms with Gasteiger partial charge in [-0.1, -0.05) is 13.8 Å². The number of hydrogen-bond acceptors (Lipinski definition) is 6. The second-order valence-corrected chi connectivity index (χ2v) is 5.74. The predicted octanol–water partition coefficient (Wildman–Crippen LogP) is -1.11. The molecule has 0 fully saturated rings. The first-order valence-electron chi connectivity index (χ1n) is 5.20. The molecule has 98 valence electrons. The summed E-state index contributed by atoms with van der Waals surface area (Å²) in [7, 11) is -4.40. The fraction of sp³-hybridized carbons (Fsp3) is 1.00. The summed E-state index contributed by atoms with van der Waals surface area (Å²) in [6, 6.07) is -0.191. The Morgan fingerprint density at radius 2 is 1.94 bits per heavy atom. The smallest absolute Gasteiger partial charge is 0.0972 e. The van der Waals surface area contributed by atoms with E-state index in [2.05, 4.69) is 5.32 Å². The summed E-state index contributed by atoms with van der Waals surface area (Å²) >= 11 is 0. The van der Waals surface area contributed by atoms with Crippen LogP contribution in [0.4, 0.5) is 0 Å². The minimum absolute atomic E-state index is 0.0145. The van der Waals surface area contributed by atoms with Crippen molar-refractivity contribution in [1.82, 2.24) is 5.32 Å². The van der Waals surface area contributed by atoms with E-state index in [0.717, 1.165) is 0 Å². The molecule has 0 aromatic rings. The van der Waals surface area contributed by atoms with Crippen molar-refractivity contribution in [2.45, 2.75) is 32.4 Å². The zero-order valence-corrected chi connectivity index (χ0v) is 10.4. The van der Waals surface area contributed by atoms with E-state index in [0.29, 0.717) is 12.3 Å². The molecule has 2 atom stereocenters. The average Bonchev–Trinajstić information content (AvgIpc) is 2.08. The lowest BCUT2D eigenvalue weighted by Gasteiger charge is -2.21. The van der Waals surface area contributed by atoms with Gasteiger partial charge < -0.3 is 20.1 Å². The molecule has 0 aliphatic heterocycles. The van der Waals surface area contributed by atoms with E-state index in [4.69, 9.17) is 5.11 Å². The molecule has 0 aliphatic carbocycles.